The van der Waals surface area contributed by atoms with Gasteiger partial charge in [0.05, 0.1) is 19.2 Å². The molecule has 2 rings (SSSR count). The van der Waals surface area contributed by atoms with Gasteiger partial charge in [0, 0.05) is 12.5 Å². The van der Waals surface area contributed by atoms with Crippen molar-refractivity contribution in [3.05, 3.63) is 11.8 Å². The maximum atomic E-state index is 12.6. The normalized spacial score (nSPS) is 20.7. The molecule has 2 atom stereocenters. The van der Waals surface area contributed by atoms with Crippen LogP contribution in [0.4, 0.5) is 0 Å². The highest BCUT2D eigenvalue weighted by atomic mass is 16.5. The molecule has 1 saturated heterocycles. The molecule has 0 unspecified atom stereocenters. The molecular weight excluding hydrogens is 284 g/mol. The lowest BCUT2D eigenvalue weighted by Crippen LogP contribution is -2.50. The summed E-state index contributed by atoms with van der Waals surface area (Å²) >= 11 is 0. The van der Waals surface area contributed by atoms with Crippen LogP contribution in [0.1, 0.15) is 51.0 Å². The molecule has 0 aliphatic carbocycles. The van der Waals surface area contributed by atoms with Gasteiger partial charge in [0.2, 0.25) is 17.7 Å². The first-order valence-corrected chi connectivity index (χ1v) is 7.84. The largest absolute Gasteiger partial charge is 0.422 e. The summed E-state index contributed by atoms with van der Waals surface area (Å²) in [4.78, 5) is 16.4. The second kappa shape index (κ2) is 7.19. The van der Waals surface area contributed by atoms with Crippen LogP contribution in [0, 0.1) is 0 Å². The molecule has 0 N–H and O–H groups in total. The molecule has 0 bridgehead atoms. The van der Waals surface area contributed by atoms with Crippen LogP contribution < -0.4 is 0 Å². The van der Waals surface area contributed by atoms with Crippen molar-refractivity contribution in [3.63, 3.8) is 0 Å². The van der Waals surface area contributed by atoms with Gasteiger partial charge in [0.1, 0.15) is 0 Å². The van der Waals surface area contributed by atoms with Crippen LogP contribution in [0.15, 0.2) is 4.42 Å². The van der Waals surface area contributed by atoms with Crippen molar-refractivity contribution in [1.29, 1.82) is 0 Å². The standard InChI is InChI=1S/C15H26N4O3/c1-6-11(18(4)5)15(20)19-7-8-21-12(9-19)14-17-16-13(22-14)10(2)3/h10-12H,6-9H2,1-5H3/t11-,12-/m0/s1. The van der Waals surface area contributed by atoms with E-state index in [1.54, 1.807) is 0 Å². The number of morpholine rings is 1. The van der Waals surface area contributed by atoms with Gasteiger partial charge in [-0.05, 0) is 20.5 Å². The number of amides is 1. The van der Waals surface area contributed by atoms with Gasteiger partial charge < -0.3 is 14.1 Å². The van der Waals surface area contributed by atoms with Gasteiger partial charge in [-0.2, -0.15) is 0 Å². The molecule has 0 saturated carbocycles. The highest BCUT2D eigenvalue weighted by Gasteiger charge is 2.32. The summed E-state index contributed by atoms with van der Waals surface area (Å²) in [5.74, 6) is 1.37. The molecule has 1 fully saturated rings. The summed E-state index contributed by atoms with van der Waals surface area (Å²) in [6.45, 7) is 7.57. The van der Waals surface area contributed by atoms with Crippen molar-refractivity contribution in [2.45, 2.75) is 45.3 Å². The van der Waals surface area contributed by atoms with Crippen molar-refractivity contribution >= 4 is 5.91 Å². The zero-order chi connectivity index (χ0) is 16.3. The van der Waals surface area contributed by atoms with Gasteiger partial charge in [-0.15, -0.1) is 10.2 Å². The Morgan fingerprint density at radius 3 is 2.68 bits per heavy atom. The fourth-order valence-corrected chi connectivity index (χ4v) is 2.58. The van der Waals surface area contributed by atoms with E-state index in [0.29, 0.717) is 31.5 Å². The molecule has 124 valence electrons. The summed E-state index contributed by atoms with van der Waals surface area (Å²) in [5, 5.41) is 8.10. The number of hydrogen-bond donors (Lipinski definition) is 0. The van der Waals surface area contributed by atoms with Gasteiger partial charge >= 0.3 is 0 Å². The van der Waals surface area contributed by atoms with Crippen LogP contribution >= 0.6 is 0 Å². The van der Waals surface area contributed by atoms with Gasteiger partial charge in [-0.25, -0.2) is 0 Å². The molecule has 7 heteroatoms. The summed E-state index contributed by atoms with van der Waals surface area (Å²) in [5.41, 5.74) is 0. The van der Waals surface area contributed by atoms with Gasteiger partial charge in [0.15, 0.2) is 6.10 Å². The molecule has 1 aliphatic rings. The Hall–Kier alpha value is -1.47. The minimum atomic E-state index is -0.336. The Bertz CT molecular complexity index is 501. The van der Waals surface area contributed by atoms with Crippen molar-refractivity contribution in [2.75, 3.05) is 33.8 Å². The molecule has 0 radical (unpaired) electrons. The average Bonchev–Trinajstić information content (AvgIpc) is 2.97. The number of likely N-dealkylation sites (N-methyl/N-ethyl adjacent to an activating group) is 1. The third-order valence-corrected chi connectivity index (χ3v) is 3.90. The number of hydrogen-bond acceptors (Lipinski definition) is 6. The number of carbonyl (C=O) groups excluding carboxylic acids is 1. The number of nitrogens with zero attached hydrogens (tertiary/aromatic N) is 4. The molecule has 1 aromatic heterocycles. The quantitative estimate of drug-likeness (QED) is 0.819. The topological polar surface area (TPSA) is 71.7 Å². The van der Waals surface area contributed by atoms with Gasteiger partial charge in [-0.3, -0.25) is 9.69 Å². The Kier molecular flexibility index (Phi) is 5.52. The SMILES string of the molecule is CC[C@@H](C(=O)N1CCO[C@H](c2nnc(C(C)C)o2)C1)N(C)C. The predicted molar refractivity (Wildman–Crippen MR) is 81.4 cm³/mol. The Labute approximate surface area is 131 Å². The van der Waals surface area contributed by atoms with E-state index in [0.717, 1.165) is 6.42 Å². The summed E-state index contributed by atoms with van der Waals surface area (Å²) in [6, 6.07) is -0.104. The zero-order valence-electron chi connectivity index (χ0n) is 14.1. The number of rotatable bonds is 5. The number of carbonyl (C=O) groups is 1. The van der Waals surface area contributed by atoms with Crippen LogP contribution in [-0.2, 0) is 9.53 Å². The molecular formula is C15H26N4O3. The van der Waals surface area contributed by atoms with Gasteiger partial charge in [0.25, 0.3) is 0 Å². The van der Waals surface area contributed by atoms with E-state index in [1.165, 1.54) is 0 Å². The lowest BCUT2D eigenvalue weighted by Gasteiger charge is -2.35. The Morgan fingerprint density at radius 2 is 2.14 bits per heavy atom. The van der Waals surface area contributed by atoms with Crippen LogP contribution in [0.5, 0.6) is 0 Å². The second-order valence-corrected chi connectivity index (χ2v) is 6.16. The predicted octanol–water partition coefficient (Wildman–Crippen LogP) is 1.43. The van der Waals surface area contributed by atoms with E-state index in [2.05, 4.69) is 10.2 Å². The molecule has 0 spiro atoms. The minimum absolute atomic E-state index is 0.104. The molecule has 7 nitrogen and oxygen atoms in total. The molecule has 1 aliphatic heterocycles. The molecule has 1 aromatic rings. The zero-order valence-corrected chi connectivity index (χ0v) is 14.1. The Balaban J connectivity index is 2.06. The third-order valence-electron chi connectivity index (χ3n) is 3.90. The van der Waals surface area contributed by atoms with E-state index in [4.69, 9.17) is 9.15 Å². The van der Waals surface area contributed by atoms with Crippen LogP contribution in [0.3, 0.4) is 0 Å². The number of ether oxygens (including phenoxy) is 1. The van der Waals surface area contributed by atoms with E-state index in [9.17, 15) is 4.79 Å². The minimum Gasteiger partial charge on any atom is -0.422 e. The van der Waals surface area contributed by atoms with Crippen molar-refractivity contribution in [3.8, 4) is 0 Å². The van der Waals surface area contributed by atoms with Crippen molar-refractivity contribution < 1.29 is 13.9 Å². The van der Waals surface area contributed by atoms with E-state index in [1.807, 2.05) is 44.7 Å². The first-order chi connectivity index (χ1) is 10.4. The maximum Gasteiger partial charge on any atom is 0.247 e. The highest BCUT2D eigenvalue weighted by Crippen LogP contribution is 2.24. The van der Waals surface area contributed by atoms with E-state index < -0.39 is 0 Å². The smallest absolute Gasteiger partial charge is 0.247 e. The fraction of sp³-hybridized carbons (Fsp3) is 0.800. The van der Waals surface area contributed by atoms with Crippen LogP contribution in [-0.4, -0.2) is 65.7 Å². The van der Waals surface area contributed by atoms with Crippen LogP contribution in [0.25, 0.3) is 0 Å². The average molecular weight is 310 g/mol. The fourth-order valence-electron chi connectivity index (χ4n) is 2.58. The first kappa shape index (κ1) is 16.9. The lowest BCUT2D eigenvalue weighted by atomic mass is 10.1. The van der Waals surface area contributed by atoms with Crippen LogP contribution in [0.2, 0.25) is 0 Å². The molecule has 0 aromatic carbocycles. The summed E-state index contributed by atoms with van der Waals surface area (Å²) in [7, 11) is 3.85. The third kappa shape index (κ3) is 3.64. The Morgan fingerprint density at radius 1 is 1.41 bits per heavy atom. The maximum absolute atomic E-state index is 12.6. The van der Waals surface area contributed by atoms with Gasteiger partial charge in [-0.1, -0.05) is 20.8 Å². The molecule has 1 amide bonds. The molecule has 22 heavy (non-hydrogen) atoms. The lowest BCUT2D eigenvalue weighted by molar-refractivity contribution is -0.144. The molecule has 2 heterocycles. The van der Waals surface area contributed by atoms with Crippen molar-refractivity contribution in [1.82, 2.24) is 20.0 Å². The second-order valence-electron chi connectivity index (χ2n) is 6.16. The first-order valence-electron chi connectivity index (χ1n) is 7.84. The summed E-state index contributed by atoms with van der Waals surface area (Å²) < 4.78 is 11.4. The van der Waals surface area contributed by atoms with E-state index in [-0.39, 0.29) is 24.0 Å². The van der Waals surface area contributed by atoms with Crippen molar-refractivity contribution in [2.24, 2.45) is 0 Å². The number of aromatic nitrogens is 2. The van der Waals surface area contributed by atoms with E-state index >= 15 is 0 Å². The highest BCUT2D eigenvalue weighted by molar-refractivity contribution is 5.81. The monoisotopic (exact) mass is 310 g/mol. The summed E-state index contributed by atoms with van der Waals surface area (Å²) in [6.07, 6.45) is 0.448.